The third-order valence-electron chi connectivity index (χ3n) is 9.45. The van der Waals surface area contributed by atoms with Gasteiger partial charge in [-0.3, -0.25) is 0 Å². The van der Waals surface area contributed by atoms with Crippen molar-refractivity contribution in [2.75, 3.05) is 0 Å². The van der Waals surface area contributed by atoms with Gasteiger partial charge in [0.1, 0.15) is 136 Å². The zero-order chi connectivity index (χ0) is 65.3. The SMILES string of the molecule is O.O.O.O.O.O.O.O.O=C(O)c1cc(O)c(C(=O)O)cc1O.O=C(O)c1cc(O)c(C(=O)O)cc1O.O=C(O)c1cc(O)c(C(=O)O)cc1O.O=C(O)c1cc(O)c(C(=O)O)cc1O.O=C(O)c1cc(O)c(C(=O)O)cc1O.O=C(O)c1cc(O)c(C(=O)O)cc1O.[Zr].[Zr].[Zr].[Zr].[Zr].[Zr]. The van der Waals surface area contributed by atoms with Crippen LogP contribution in [0.4, 0.5) is 0 Å². The summed E-state index contributed by atoms with van der Waals surface area (Å²) in [6.45, 7) is 0. The number of aromatic carboxylic acids is 12. The van der Waals surface area contributed by atoms with Crippen molar-refractivity contribution in [3.63, 3.8) is 0 Å². The summed E-state index contributed by atoms with van der Waals surface area (Å²) in [6.07, 6.45) is 0. The van der Waals surface area contributed by atoms with E-state index in [4.69, 9.17) is 123 Å². The first kappa shape index (κ1) is 123. The van der Waals surface area contributed by atoms with Crippen LogP contribution < -0.4 is 0 Å². The number of carbonyl (C=O) groups is 12. The Balaban J connectivity index is -0.0000000700. The van der Waals surface area contributed by atoms with Crippen molar-refractivity contribution in [2.24, 2.45) is 0 Å². The van der Waals surface area contributed by atoms with Gasteiger partial charge in [0.25, 0.3) is 0 Å². The van der Waals surface area contributed by atoms with Gasteiger partial charge in [-0.25, -0.2) is 57.5 Å². The number of hydrogen-bond donors (Lipinski definition) is 24. The predicted octanol–water partition coefficient (Wildman–Crippen LogP) is -3.65. The number of benzene rings is 6. The summed E-state index contributed by atoms with van der Waals surface area (Å²) < 4.78 is 0. The van der Waals surface area contributed by atoms with Crippen LogP contribution in [-0.2, 0) is 157 Å². The van der Waals surface area contributed by atoms with Gasteiger partial charge in [0.15, 0.2) is 0 Å². The van der Waals surface area contributed by atoms with E-state index in [1.807, 2.05) is 0 Å². The van der Waals surface area contributed by atoms with Gasteiger partial charge in [-0.2, -0.15) is 0 Å². The summed E-state index contributed by atoms with van der Waals surface area (Å²) in [5, 5.41) is 211. The smallest absolute Gasteiger partial charge is 0.339 e. The molecular weight excluding hydrogens is 1830 g/mol. The third kappa shape index (κ3) is 35.7. The first-order valence-electron chi connectivity index (χ1n) is 20.7. The molecule has 532 valence electrons. The second kappa shape index (κ2) is 54.5. The van der Waals surface area contributed by atoms with Crippen LogP contribution in [0.15, 0.2) is 72.8 Å². The fraction of sp³-hybridized carbons (Fsp3) is 0. The van der Waals surface area contributed by atoms with Crippen molar-refractivity contribution in [1.82, 2.24) is 0 Å². The van der Waals surface area contributed by atoms with Crippen molar-refractivity contribution in [1.29, 1.82) is 0 Å². The molecule has 0 aliphatic rings. The number of hydrogen-bond acceptors (Lipinski definition) is 24. The Labute approximate surface area is 654 Å². The Kier molecular flexibility index (Phi) is 68.5. The van der Waals surface area contributed by atoms with Crippen LogP contribution >= 0.6 is 0 Å². The molecule has 40 N–H and O–H groups in total. The normalized spacial score (nSPS) is 8.33. The van der Waals surface area contributed by atoms with Gasteiger partial charge >= 0.3 is 71.6 Å². The third-order valence-corrected chi connectivity index (χ3v) is 9.45. The van der Waals surface area contributed by atoms with Crippen LogP contribution in [0.3, 0.4) is 0 Å². The van der Waals surface area contributed by atoms with Gasteiger partial charge in [0, 0.05) is 157 Å². The molecule has 0 fully saturated rings. The van der Waals surface area contributed by atoms with Gasteiger partial charge in [-0.1, -0.05) is 0 Å². The van der Waals surface area contributed by atoms with E-state index in [1.165, 1.54) is 0 Å². The quantitative estimate of drug-likeness (QED) is 0.0525. The number of phenols is 12. The number of carboxylic acids is 12. The van der Waals surface area contributed by atoms with Crippen molar-refractivity contribution in [3.05, 3.63) is 140 Å². The fourth-order valence-corrected chi connectivity index (χ4v) is 5.52. The molecule has 0 spiro atoms. The van der Waals surface area contributed by atoms with E-state index in [0.717, 1.165) is 0 Å². The Bertz CT molecular complexity index is 2870. The topological polar surface area (TPSA) is 942 Å². The van der Waals surface area contributed by atoms with Crippen molar-refractivity contribution in [3.8, 4) is 69.0 Å². The molecule has 0 amide bonds. The molecule has 6 rings (SSSR count). The molecule has 0 heterocycles. The average molecular weight is 1880 g/mol. The largest absolute Gasteiger partial charge is 0.507 e. The summed E-state index contributed by atoms with van der Waals surface area (Å²) in [7, 11) is 0. The van der Waals surface area contributed by atoms with Gasteiger partial charge < -0.3 is 166 Å². The van der Waals surface area contributed by atoms with E-state index in [2.05, 4.69) is 0 Å². The summed E-state index contributed by atoms with van der Waals surface area (Å²) in [5.74, 6) is -25.8. The summed E-state index contributed by atoms with van der Waals surface area (Å²) >= 11 is 0. The summed E-state index contributed by atoms with van der Waals surface area (Å²) in [6, 6.07) is 8.18. The number of aromatic hydroxyl groups is 12. The molecule has 0 saturated carbocycles. The molecule has 0 aliphatic carbocycles. The van der Waals surface area contributed by atoms with E-state index in [0.29, 0.717) is 72.8 Å². The van der Waals surface area contributed by atoms with Crippen LogP contribution in [0.2, 0.25) is 0 Å². The summed E-state index contributed by atoms with van der Waals surface area (Å²) in [5.41, 5.74) is -6.58. The monoisotopic (exact) mass is 1870 g/mol. The first-order valence-corrected chi connectivity index (χ1v) is 20.7. The zero-order valence-corrected chi connectivity index (χ0v) is 62.3. The van der Waals surface area contributed by atoms with Crippen molar-refractivity contribution in [2.45, 2.75) is 0 Å². The molecule has 50 heteroatoms. The maximum Gasteiger partial charge on any atom is 0.339 e. The van der Waals surface area contributed by atoms with Crippen molar-refractivity contribution >= 4 is 71.6 Å². The molecule has 6 aromatic carbocycles. The minimum Gasteiger partial charge on any atom is -0.507 e. The van der Waals surface area contributed by atoms with Gasteiger partial charge in [-0.15, -0.1) is 0 Å². The molecule has 44 nitrogen and oxygen atoms in total. The molecule has 0 unspecified atom stereocenters. The van der Waals surface area contributed by atoms with Gasteiger partial charge in [0.2, 0.25) is 0 Å². The number of carboxylic acid groups (broad SMARTS) is 12. The molecule has 0 aromatic heterocycles. The molecule has 6 aromatic rings. The van der Waals surface area contributed by atoms with E-state index in [9.17, 15) is 57.5 Å². The van der Waals surface area contributed by atoms with Crippen LogP contribution in [0.1, 0.15) is 124 Å². The molecule has 98 heavy (non-hydrogen) atoms. The maximum absolute atomic E-state index is 10.4. The second-order valence-electron chi connectivity index (χ2n) is 15.0. The molecule has 0 bridgehead atoms. The Morgan fingerprint density at radius 2 is 0.184 bits per heavy atom. The summed E-state index contributed by atoms with van der Waals surface area (Å²) in [4.78, 5) is 125. The molecule has 0 saturated heterocycles. The van der Waals surface area contributed by atoms with Crippen LogP contribution in [0, 0.1) is 0 Å². The second-order valence-corrected chi connectivity index (χ2v) is 15.0. The Morgan fingerprint density at radius 3 is 0.214 bits per heavy atom. The van der Waals surface area contributed by atoms with E-state index >= 15 is 0 Å². The Hall–Kier alpha value is -8.46. The minimum absolute atomic E-state index is 0. The molecule has 0 atom stereocenters. The first-order chi connectivity index (χ1) is 38.6. The van der Waals surface area contributed by atoms with E-state index in [-0.39, 0.29) is 201 Å². The molecule has 0 aliphatic heterocycles. The average Bonchev–Trinajstić information content (AvgIpc) is 3.37. The van der Waals surface area contributed by atoms with Crippen LogP contribution in [0.5, 0.6) is 69.0 Å². The Morgan fingerprint density at radius 1 is 0.143 bits per heavy atom. The van der Waals surface area contributed by atoms with Crippen LogP contribution in [-0.4, -0.2) is 238 Å². The predicted molar refractivity (Wildman–Crippen MR) is 291 cm³/mol. The van der Waals surface area contributed by atoms with Gasteiger partial charge in [0.05, 0.1) is 0 Å². The van der Waals surface area contributed by atoms with Crippen molar-refractivity contribution < 1.29 is 381 Å². The van der Waals surface area contributed by atoms with E-state index < -0.39 is 207 Å². The van der Waals surface area contributed by atoms with Crippen LogP contribution in [0.25, 0.3) is 0 Å². The maximum atomic E-state index is 10.4. The number of rotatable bonds is 12. The molecule has 0 radical (unpaired) electrons. The van der Waals surface area contributed by atoms with Gasteiger partial charge in [-0.05, 0) is 72.8 Å². The zero-order valence-electron chi connectivity index (χ0n) is 47.6. The minimum atomic E-state index is -1.45. The molecular formula is C48H52O44Zr6. The van der Waals surface area contributed by atoms with E-state index in [1.54, 1.807) is 0 Å². The standard InChI is InChI=1S/6C8H6O6.8H2O.6Zr/c6*9-5-1-3(7(11)12)6(10)2-4(5)8(13)14;;;;;;;;;;;;;;/h6*1-2,9-10H,(H,11,12)(H,13,14);8*1H2;;;;;;. The fourth-order valence-electron chi connectivity index (χ4n) is 5.52.